The number of anilines is 5. The molecule has 3 heterocycles. The van der Waals surface area contributed by atoms with E-state index in [0.717, 1.165) is 59.1 Å². The average Bonchev–Trinajstić information content (AvgIpc) is 3.26. The van der Waals surface area contributed by atoms with Gasteiger partial charge in [0, 0.05) is 53.4 Å². The Morgan fingerprint density at radius 1 is 1.00 bits per heavy atom. The number of aromatic nitrogens is 3. The third kappa shape index (κ3) is 5.51. The van der Waals surface area contributed by atoms with E-state index in [0.29, 0.717) is 16.0 Å². The van der Waals surface area contributed by atoms with Crippen molar-refractivity contribution in [1.82, 2.24) is 15.0 Å². The van der Waals surface area contributed by atoms with E-state index < -0.39 is 0 Å². The number of rotatable bonds is 6. The summed E-state index contributed by atoms with van der Waals surface area (Å²) in [5.74, 6) is 0.533. The van der Waals surface area contributed by atoms with Gasteiger partial charge in [0.15, 0.2) is 5.13 Å². The van der Waals surface area contributed by atoms with Crippen molar-refractivity contribution in [2.45, 2.75) is 6.92 Å². The van der Waals surface area contributed by atoms with Gasteiger partial charge in [0.1, 0.15) is 0 Å². The summed E-state index contributed by atoms with van der Waals surface area (Å²) in [5.41, 5.74) is 4.69. The lowest BCUT2D eigenvalue weighted by atomic mass is 10.2. The summed E-state index contributed by atoms with van der Waals surface area (Å²) in [6.45, 7) is 5.33. The summed E-state index contributed by atoms with van der Waals surface area (Å²) in [5, 5.41) is 5.29. The zero-order valence-electron chi connectivity index (χ0n) is 19.3. The molecule has 1 saturated heterocycles. The highest BCUT2D eigenvalue weighted by atomic mass is 35.5. The molecule has 0 spiro atoms. The van der Waals surface area contributed by atoms with Gasteiger partial charge in [0.05, 0.1) is 29.5 Å². The molecule has 0 unspecified atom stereocenters. The molecular weight excluding hydrogens is 503 g/mol. The fourth-order valence-electron chi connectivity index (χ4n) is 3.86. The van der Waals surface area contributed by atoms with Gasteiger partial charge < -0.3 is 19.9 Å². The Labute approximate surface area is 218 Å². The molecule has 0 saturated carbocycles. The predicted molar refractivity (Wildman–Crippen MR) is 145 cm³/mol. The smallest absolute Gasteiger partial charge is 0.227 e. The zero-order valence-corrected chi connectivity index (χ0v) is 21.7. The number of benzene rings is 2. The summed E-state index contributed by atoms with van der Waals surface area (Å²) in [6.07, 6.45) is 1.76. The summed E-state index contributed by atoms with van der Waals surface area (Å²) in [4.78, 5) is 19.2. The Morgan fingerprint density at radius 2 is 1.71 bits per heavy atom. The Morgan fingerprint density at radius 3 is 2.43 bits per heavy atom. The Kier molecular flexibility index (Phi) is 7.06. The quantitative estimate of drug-likeness (QED) is 0.305. The molecule has 7 nitrogen and oxygen atoms in total. The van der Waals surface area contributed by atoms with Gasteiger partial charge in [-0.1, -0.05) is 34.5 Å². The van der Waals surface area contributed by atoms with Crippen molar-refractivity contribution in [3.63, 3.8) is 0 Å². The van der Waals surface area contributed by atoms with E-state index in [-0.39, 0.29) is 0 Å². The highest BCUT2D eigenvalue weighted by molar-refractivity contribution is 7.19. The molecule has 1 N–H and O–H groups in total. The third-order valence-electron chi connectivity index (χ3n) is 5.69. The van der Waals surface area contributed by atoms with E-state index in [1.54, 1.807) is 23.6 Å². The molecule has 180 valence electrons. The van der Waals surface area contributed by atoms with Crippen LogP contribution < -0.4 is 15.1 Å². The van der Waals surface area contributed by atoms with Gasteiger partial charge in [-0.05, 0) is 55.5 Å². The van der Waals surface area contributed by atoms with Crippen LogP contribution in [0.2, 0.25) is 10.0 Å². The maximum Gasteiger partial charge on any atom is 0.227 e. The van der Waals surface area contributed by atoms with Gasteiger partial charge in [0.2, 0.25) is 5.95 Å². The van der Waals surface area contributed by atoms with E-state index in [9.17, 15) is 0 Å². The van der Waals surface area contributed by atoms with Crippen LogP contribution in [0.25, 0.3) is 10.6 Å². The van der Waals surface area contributed by atoms with Crippen LogP contribution >= 0.6 is 34.5 Å². The van der Waals surface area contributed by atoms with Gasteiger partial charge in [-0.25, -0.2) is 15.0 Å². The standard InChI is InChI=1S/C25H24Cl2N6OS/c1-16-23(35-25(29-16)32(2)21-14-17(26)13-18(27)15-21)22-7-8-28-24(31-22)30-19-3-5-20(6-4-19)33-9-11-34-12-10-33/h3-8,13-15H,9-12H2,1-2H3,(H,28,30,31). The minimum atomic E-state index is 0.533. The molecule has 35 heavy (non-hydrogen) atoms. The van der Waals surface area contributed by atoms with Crippen molar-refractivity contribution in [3.8, 4) is 10.6 Å². The first-order chi connectivity index (χ1) is 17.0. The molecule has 1 fully saturated rings. The Bertz CT molecular complexity index is 1300. The first-order valence-electron chi connectivity index (χ1n) is 11.2. The van der Waals surface area contributed by atoms with Crippen LogP contribution in [-0.2, 0) is 4.74 Å². The van der Waals surface area contributed by atoms with E-state index in [4.69, 9.17) is 37.9 Å². The predicted octanol–water partition coefficient (Wildman–Crippen LogP) is 6.56. The average molecular weight is 527 g/mol. The van der Waals surface area contributed by atoms with Crippen molar-refractivity contribution in [3.05, 3.63) is 70.5 Å². The van der Waals surface area contributed by atoms with Crippen LogP contribution in [-0.4, -0.2) is 48.3 Å². The van der Waals surface area contributed by atoms with E-state index in [1.807, 2.05) is 49.2 Å². The number of halogens is 2. The first kappa shape index (κ1) is 23.8. The number of morpholine rings is 1. The van der Waals surface area contributed by atoms with Gasteiger partial charge in [0.25, 0.3) is 0 Å². The molecule has 2 aromatic heterocycles. The second kappa shape index (κ2) is 10.4. The maximum absolute atomic E-state index is 6.19. The summed E-state index contributed by atoms with van der Waals surface area (Å²) in [6, 6.07) is 15.6. The van der Waals surface area contributed by atoms with Gasteiger partial charge in [-0.3, -0.25) is 0 Å². The fraction of sp³-hybridized carbons (Fsp3) is 0.240. The molecule has 1 aliphatic heterocycles. The minimum Gasteiger partial charge on any atom is -0.378 e. The van der Waals surface area contributed by atoms with Crippen LogP contribution in [0, 0.1) is 6.92 Å². The highest BCUT2D eigenvalue weighted by Crippen LogP contribution is 2.37. The monoisotopic (exact) mass is 526 g/mol. The molecule has 0 amide bonds. The minimum absolute atomic E-state index is 0.533. The number of ether oxygens (including phenoxy) is 1. The van der Waals surface area contributed by atoms with Crippen LogP contribution in [0.4, 0.5) is 28.1 Å². The van der Waals surface area contributed by atoms with Gasteiger partial charge in [-0.15, -0.1) is 0 Å². The van der Waals surface area contributed by atoms with Crippen LogP contribution in [0.5, 0.6) is 0 Å². The molecule has 0 bridgehead atoms. The largest absolute Gasteiger partial charge is 0.378 e. The summed E-state index contributed by atoms with van der Waals surface area (Å²) in [7, 11) is 1.94. The third-order valence-corrected chi connectivity index (χ3v) is 7.39. The lowest BCUT2D eigenvalue weighted by molar-refractivity contribution is 0.122. The molecule has 0 atom stereocenters. The molecule has 5 rings (SSSR count). The van der Waals surface area contributed by atoms with E-state index >= 15 is 0 Å². The van der Waals surface area contributed by atoms with Crippen LogP contribution in [0.3, 0.4) is 0 Å². The van der Waals surface area contributed by atoms with Gasteiger partial charge >= 0.3 is 0 Å². The number of nitrogens with zero attached hydrogens (tertiary/aromatic N) is 5. The first-order valence-corrected chi connectivity index (χ1v) is 12.7. The van der Waals surface area contributed by atoms with Crippen LogP contribution in [0.1, 0.15) is 5.69 Å². The molecule has 4 aromatic rings. The summed E-state index contributed by atoms with van der Waals surface area (Å²) >= 11 is 13.9. The van der Waals surface area contributed by atoms with Crippen molar-refractivity contribution >= 4 is 62.7 Å². The second-order valence-electron chi connectivity index (χ2n) is 8.13. The topological polar surface area (TPSA) is 66.4 Å². The zero-order chi connectivity index (χ0) is 24.4. The molecule has 10 heteroatoms. The molecule has 2 aromatic carbocycles. The van der Waals surface area contributed by atoms with Crippen molar-refractivity contribution in [2.24, 2.45) is 0 Å². The maximum atomic E-state index is 6.19. The lowest BCUT2D eigenvalue weighted by Gasteiger charge is -2.28. The van der Waals surface area contributed by atoms with Crippen LogP contribution in [0.15, 0.2) is 54.7 Å². The number of hydrogen-bond donors (Lipinski definition) is 1. The lowest BCUT2D eigenvalue weighted by Crippen LogP contribution is -2.36. The SMILES string of the molecule is Cc1nc(N(C)c2cc(Cl)cc(Cl)c2)sc1-c1ccnc(Nc2ccc(N3CCOCC3)cc2)n1. The van der Waals surface area contributed by atoms with E-state index in [1.165, 1.54) is 5.69 Å². The fourth-order valence-corrected chi connectivity index (χ4v) is 5.39. The molecule has 0 aliphatic carbocycles. The second-order valence-corrected chi connectivity index (χ2v) is 9.98. The Hall–Kier alpha value is -2.91. The van der Waals surface area contributed by atoms with Crippen molar-refractivity contribution < 1.29 is 4.74 Å². The normalized spacial score (nSPS) is 13.7. The molecular formula is C25H24Cl2N6OS. The molecule has 1 aliphatic rings. The number of thiazole rings is 1. The van der Waals surface area contributed by atoms with Crippen molar-refractivity contribution in [2.75, 3.05) is 48.5 Å². The number of aryl methyl sites for hydroxylation is 1. The summed E-state index contributed by atoms with van der Waals surface area (Å²) < 4.78 is 5.44. The highest BCUT2D eigenvalue weighted by Gasteiger charge is 2.17. The number of nitrogens with one attached hydrogen (secondary N) is 1. The Balaban J connectivity index is 1.34. The van der Waals surface area contributed by atoms with Crippen molar-refractivity contribution in [1.29, 1.82) is 0 Å². The molecule has 0 radical (unpaired) electrons. The number of hydrogen-bond acceptors (Lipinski definition) is 8. The van der Waals surface area contributed by atoms with Gasteiger partial charge in [-0.2, -0.15) is 0 Å². The van der Waals surface area contributed by atoms with E-state index in [2.05, 4.69) is 27.3 Å².